The highest BCUT2D eigenvalue weighted by molar-refractivity contribution is 5.79. The molecular weight excluding hydrogens is 290 g/mol. The lowest BCUT2D eigenvalue weighted by Gasteiger charge is -2.17. The van der Waals surface area contributed by atoms with Crippen LogP contribution in [-0.4, -0.2) is 44.5 Å². The smallest absolute Gasteiger partial charge is 0.223 e. The highest BCUT2D eigenvalue weighted by Gasteiger charge is 2.39. The molecule has 0 unspecified atom stereocenters. The number of anilines is 1. The number of hydrogen-bond acceptors (Lipinski definition) is 4. The molecule has 1 amide bonds. The monoisotopic (exact) mass is 313 g/mol. The summed E-state index contributed by atoms with van der Waals surface area (Å²) in [5, 5.41) is 7.84. The largest absolute Gasteiger partial charge is 0.370 e. The molecule has 122 valence electrons. The van der Waals surface area contributed by atoms with Gasteiger partial charge in [-0.2, -0.15) is 9.61 Å². The van der Waals surface area contributed by atoms with E-state index >= 15 is 0 Å². The van der Waals surface area contributed by atoms with E-state index < -0.39 is 0 Å². The molecule has 2 aromatic rings. The molecule has 0 aromatic carbocycles. The zero-order valence-electron chi connectivity index (χ0n) is 13.7. The Morgan fingerprint density at radius 3 is 2.96 bits per heavy atom. The van der Waals surface area contributed by atoms with Gasteiger partial charge < -0.3 is 10.2 Å². The van der Waals surface area contributed by atoms with Crippen LogP contribution in [0.4, 0.5) is 5.82 Å². The van der Waals surface area contributed by atoms with Gasteiger partial charge in [0.05, 0.1) is 6.20 Å². The maximum Gasteiger partial charge on any atom is 0.223 e. The molecule has 1 aliphatic carbocycles. The van der Waals surface area contributed by atoms with E-state index in [1.165, 1.54) is 12.8 Å². The minimum absolute atomic E-state index is 0.320. The molecule has 1 atom stereocenters. The summed E-state index contributed by atoms with van der Waals surface area (Å²) in [5.41, 5.74) is 1.92. The van der Waals surface area contributed by atoms with Gasteiger partial charge in [-0.25, -0.2) is 4.98 Å². The molecule has 3 heterocycles. The summed E-state index contributed by atoms with van der Waals surface area (Å²) in [6.45, 7) is 5.97. The van der Waals surface area contributed by atoms with Gasteiger partial charge in [0, 0.05) is 49.3 Å². The third-order valence-corrected chi connectivity index (χ3v) is 4.77. The van der Waals surface area contributed by atoms with E-state index in [2.05, 4.69) is 40.2 Å². The van der Waals surface area contributed by atoms with Gasteiger partial charge in [-0.15, -0.1) is 0 Å². The number of fused-ring (bicyclic) bond motifs is 1. The minimum atomic E-state index is 0.320. The summed E-state index contributed by atoms with van der Waals surface area (Å²) in [6.07, 6.45) is 4.79. The van der Waals surface area contributed by atoms with Gasteiger partial charge in [0.2, 0.25) is 5.91 Å². The molecule has 1 saturated heterocycles. The molecule has 2 fully saturated rings. The van der Waals surface area contributed by atoms with Crippen LogP contribution in [0.1, 0.15) is 44.7 Å². The van der Waals surface area contributed by atoms with E-state index in [1.54, 1.807) is 6.20 Å². The van der Waals surface area contributed by atoms with Crippen LogP contribution in [0.15, 0.2) is 18.3 Å². The van der Waals surface area contributed by atoms with Gasteiger partial charge in [0.15, 0.2) is 5.65 Å². The third-order valence-electron chi connectivity index (χ3n) is 4.77. The molecule has 2 aromatic heterocycles. The molecule has 0 bridgehead atoms. The van der Waals surface area contributed by atoms with Crippen LogP contribution in [0.25, 0.3) is 5.65 Å². The minimum Gasteiger partial charge on any atom is -0.370 e. The van der Waals surface area contributed by atoms with Crippen molar-refractivity contribution in [1.29, 1.82) is 0 Å². The van der Waals surface area contributed by atoms with Crippen LogP contribution in [-0.2, 0) is 4.79 Å². The summed E-state index contributed by atoms with van der Waals surface area (Å²) in [5.74, 6) is 2.03. The average molecular weight is 313 g/mol. The van der Waals surface area contributed by atoms with Crippen molar-refractivity contribution >= 4 is 17.4 Å². The molecule has 0 radical (unpaired) electrons. The van der Waals surface area contributed by atoms with Crippen LogP contribution in [0, 0.1) is 5.92 Å². The fourth-order valence-electron chi connectivity index (χ4n) is 3.29. The number of hydrogen-bond donors (Lipinski definition) is 1. The van der Waals surface area contributed by atoms with Gasteiger partial charge in [-0.3, -0.25) is 4.79 Å². The first-order valence-electron chi connectivity index (χ1n) is 8.50. The number of aromatic nitrogens is 3. The molecule has 1 saturated carbocycles. The Kier molecular flexibility index (Phi) is 3.47. The van der Waals surface area contributed by atoms with E-state index in [9.17, 15) is 4.79 Å². The second kappa shape index (κ2) is 5.51. The summed E-state index contributed by atoms with van der Waals surface area (Å²) >= 11 is 0. The highest BCUT2D eigenvalue weighted by Crippen LogP contribution is 2.32. The first-order valence-corrected chi connectivity index (χ1v) is 8.50. The molecule has 4 rings (SSSR count). The van der Waals surface area contributed by atoms with Crippen molar-refractivity contribution in [2.75, 3.05) is 18.4 Å². The van der Waals surface area contributed by atoms with Gasteiger partial charge >= 0.3 is 0 Å². The van der Waals surface area contributed by atoms with E-state index in [0.717, 1.165) is 30.2 Å². The van der Waals surface area contributed by atoms with E-state index in [-0.39, 0.29) is 0 Å². The highest BCUT2D eigenvalue weighted by atomic mass is 16.2. The average Bonchev–Trinajstić information content (AvgIpc) is 3.13. The molecule has 2 aliphatic rings. The normalized spacial score (nSPS) is 21.6. The van der Waals surface area contributed by atoms with Crippen LogP contribution in [0.5, 0.6) is 0 Å². The lowest BCUT2D eigenvalue weighted by atomic mass is 10.1. The molecule has 6 nitrogen and oxygen atoms in total. The second-order valence-electron chi connectivity index (χ2n) is 7.05. The van der Waals surface area contributed by atoms with Crippen LogP contribution < -0.4 is 5.32 Å². The number of carbonyl (C=O) groups excluding carboxylic acids is 1. The molecule has 1 N–H and O–H groups in total. The maximum absolute atomic E-state index is 12.1. The first kappa shape index (κ1) is 14.5. The summed E-state index contributed by atoms with van der Waals surface area (Å²) in [4.78, 5) is 18.8. The van der Waals surface area contributed by atoms with Crippen molar-refractivity contribution in [3.05, 3.63) is 24.0 Å². The van der Waals surface area contributed by atoms with Crippen LogP contribution >= 0.6 is 0 Å². The predicted molar refractivity (Wildman–Crippen MR) is 88.4 cm³/mol. The third kappa shape index (κ3) is 2.78. The van der Waals surface area contributed by atoms with E-state index in [4.69, 9.17) is 0 Å². The second-order valence-corrected chi connectivity index (χ2v) is 7.05. The number of likely N-dealkylation sites (tertiary alicyclic amines) is 1. The van der Waals surface area contributed by atoms with E-state index in [1.807, 2.05) is 10.6 Å². The van der Waals surface area contributed by atoms with Crippen molar-refractivity contribution in [3.8, 4) is 0 Å². The van der Waals surface area contributed by atoms with Gasteiger partial charge in [0.1, 0.15) is 5.82 Å². The zero-order chi connectivity index (χ0) is 16.0. The Morgan fingerprint density at radius 2 is 2.22 bits per heavy atom. The summed E-state index contributed by atoms with van der Waals surface area (Å²) in [6, 6.07) is 4.52. The predicted octanol–water partition coefficient (Wildman–Crippen LogP) is 2.28. The van der Waals surface area contributed by atoms with Gasteiger partial charge in [-0.1, -0.05) is 13.8 Å². The van der Waals surface area contributed by atoms with Crippen molar-refractivity contribution in [2.24, 2.45) is 5.92 Å². The Labute approximate surface area is 135 Å². The maximum atomic E-state index is 12.1. The van der Waals surface area contributed by atoms with Crippen LogP contribution in [0.3, 0.4) is 0 Å². The Balaban J connectivity index is 1.49. The number of carbonyl (C=O) groups is 1. The fourth-order valence-corrected chi connectivity index (χ4v) is 3.29. The molecule has 6 heteroatoms. The topological polar surface area (TPSA) is 62.5 Å². The van der Waals surface area contributed by atoms with Gasteiger partial charge in [-0.05, 0) is 18.8 Å². The molecule has 0 spiro atoms. The SMILES string of the molecule is CC(C)c1cc(NC[C@@H]2CC(=O)N(C3CC3)C2)n2nccc2n1. The number of rotatable bonds is 5. The standard InChI is InChI=1S/C17H23N5O/c1-11(2)14-8-16(22-15(20-14)5-6-19-22)18-9-12-7-17(23)21(10-12)13-3-4-13/h5-6,8,11-13,18H,3-4,7,9-10H2,1-2H3/t12-/m0/s1. The number of nitrogens with zero attached hydrogens (tertiary/aromatic N) is 4. The first-order chi connectivity index (χ1) is 11.1. The van der Waals surface area contributed by atoms with E-state index in [0.29, 0.717) is 30.2 Å². The molecule has 23 heavy (non-hydrogen) atoms. The number of amides is 1. The molecule has 1 aliphatic heterocycles. The lowest BCUT2D eigenvalue weighted by molar-refractivity contribution is -0.128. The van der Waals surface area contributed by atoms with Crippen molar-refractivity contribution in [2.45, 2.75) is 45.1 Å². The quantitative estimate of drug-likeness (QED) is 0.920. The van der Waals surface area contributed by atoms with Crippen molar-refractivity contribution in [3.63, 3.8) is 0 Å². The van der Waals surface area contributed by atoms with Crippen molar-refractivity contribution in [1.82, 2.24) is 19.5 Å². The summed E-state index contributed by atoms with van der Waals surface area (Å²) < 4.78 is 1.83. The Bertz CT molecular complexity index is 734. The van der Waals surface area contributed by atoms with Crippen LogP contribution in [0.2, 0.25) is 0 Å². The van der Waals surface area contributed by atoms with Gasteiger partial charge in [0.25, 0.3) is 0 Å². The van der Waals surface area contributed by atoms with Crippen molar-refractivity contribution < 1.29 is 4.79 Å². The lowest BCUT2D eigenvalue weighted by Crippen LogP contribution is -2.28. The Morgan fingerprint density at radius 1 is 1.39 bits per heavy atom. The fraction of sp³-hybridized carbons (Fsp3) is 0.588. The summed E-state index contributed by atoms with van der Waals surface area (Å²) in [7, 11) is 0. The Hall–Kier alpha value is -2.11. The zero-order valence-corrected chi connectivity index (χ0v) is 13.7. The number of nitrogens with one attached hydrogen (secondary N) is 1. The molecular formula is C17H23N5O.